The maximum absolute atomic E-state index is 13.3. The molecular weight excluding hydrogens is 413 g/mol. The van der Waals surface area contributed by atoms with Crippen LogP contribution in [0.15, 0.2) is 42.5 Å². The third-order valence-corrected chi connectivity index (χ3v) is 6.65. The van der Waals surface area contributed by atoms with Crippen LogP contribution in [0.2, 0.25) is 0 Å². The highest BCUT2D eigenvalue weighted by Crippen LogP contribution is 2.30. The number of thiazole rings is 1. The van der Waals surface area contributed by atoms with Crippen LogP contribution < -0.4 is 4.90 Å². The maximum atomic E-state index is 13.3. The number of aromatic nitrogens is 1. The summed E-state index contributed by atoms with van der Waals surface area (Å²) >= 11 is 1.56. The van der Waals surface area contributed by atoms with Gasteiger partial charge in [0, 0.05) is 26.2 Å². The number of rotatable bonds is 8. The van der Waals surface area contributed by atoms with Crippen LogP contribution in [0, 0.1) is 5.82 Å². The minimum atomic E-state index is -0.295. The van der Waals surface area contributed by atoms with Crippen molar-refractivity contribution in [2.75, 3.05) is 44.3 Å². The second-order valence-electron chi connectivity index (χ2n) is 7.81. The average molecular weight is 442 g/mol. The fraction of sp³-hybridized carbons (Fsp3) is 0.417. The number of anilines is 1. The van der Waals surface area contributed by atoms with E-state index < -0.39 is 0 Å². The largest absolute Gasteiger partial charge is 0.379 e. The summed E-state index contributed by atoms with van der Waals surface area (Å²) in [6.45, 7) is 7.07. The molecule has 0 aliphatic carbocycles. The van der Waals surface area contributed by atoms with Crippen molar-refractivity contribution in [3.63, 3.8) is 0 Å². The van der Waals surface area contributed by atoms with Crippen LogP contribution >= 0.6 is 11.3 Å². The van der Waals surface area contributed by atoms with E-state index in [4.69, 9.17) is 9.72 Å². The number of carbonyl (C=O) groups is 1. The van der Waals surface area contributed by atoms with E-state index in [1.165, 1.54) is 17.7 Å². The summed E-state index contributed by atoms with van der Waals surface area (Å²) in [6, 6.07) is 12.4. The summed E-state index contributed by atoms with van der Waals surface area (Å²) < 4.78 is 19.8. The summed E-state index contributed by atoms with van der Waals surface area (Å²) in [5.74, 6) is -0.306. The van der Waals surface area contributed by atoms with E-state index in [1.54, 1.807) is 28.4 Å². The predicted molar refractivity (Wildman–Crippen MR) is 123 cm³/mol. The molecule has 0 saturated carbocycles. The van der Waals surface area contributed by atoms with Gasteiger partial charge in [-0.1, -0.05) is 36.5 Å². The summed E-state index contributed by atoms with van der Waals surface area (Å²) in [4.78, 5) is 22.2. The monoisotopic (exact) mass is 441 g/mol. The molecule has 0 unspecified atom stereocenters. The number of ether oxygens (including phenoxy) is 1. The first-order chi connectivity index (χ1) is 15.1. The molecule has 1 amide bonds. The number of halogens is 1. The first kappa shape index (κ1) is 21.9. The highest BCUT2D eigenvalue weighted by atomic mass is 32.1. The molecule has 0 bridgehead atoms. The Balaban J connectivity index is 1.52. The second kappa shape index (κ2) is 10.3. The molecule has 1 aliphatic heterocycles. The molecule has 5 nitrogen and oxygen atoms in total. The molecule has 0 radical (unpaired) electrons. The third-order valence-electron chi connectivity index (χ3n) is 5.61. The fourth-order valence-electron chi connectivity index (χ4n) is 3.77. The zero-order valence-electron chi connectivity index (χ0n) is 17.8. The maximum Gasteiger partial charge on any atom is 0.233 e. The topological polar surface area (TPSA) is 45.7 Å². The van der Waals surface area contributed by atoms with Gasteiger partial charge in [-0.3, -0.25) is 14.6 Å². The van der Waals surface area contributed by atoms with Gasteiger partial charge in [0.25, 0.3) is 0 Å². The van der Waals surface area contributed by atoms with Crippen molar-refractivity contribution < 1.29 is 13.9 Å². The highest BCUT2D eigenvalue weighted by Gasteiger charge is 2.21. The Morgan fingerprint density at radius 3 is 2.65 bits per heavy atom. The van der Waals surface area contributed by atoms with E-state index >= 15 is 0 Å². The van der Waals surface area contributed by atoms with Crippen molar-refractivity contribution >= 4 is 32.6 Å². The molecule has 0 spiro atoms. The van der Waals surface area contributed by atoms with E-state index in [2.05, 4.69) is 24.0 Å². The van der Waals surface area contributed by atoms with Crippen molar-refractivity contribution in [2.24, 2.45) is 0 Å². The lowest BCUT2D eigenvalue weighted by atomic mass is 10.1. The van der Waals surface area contributed by atoms with Crippen LogP contribution in [0.4, 0.5) is 9.52 Å². The molecule has 7 heteroatoms. The highest BCUT2D eigenvalue weighted by molar-refractivity contribution is 7.22. The van der Waals surface area contributed by atoms with E-state index in [9.17, 15) is 9.18 Å². The van der Waals surface area contributed by atoms with Gasteiger partial charge in [0.15, 0.2) is 5.13 Å². The van der Waals surface area contributed by atoms with Crippen molar-refractivity contribution in [1.82, 2.24) is 9.88 Å². The standard InChI is InChI=1S/C24H28FN3O2S/c1-2-18-6-9-21-22(16-18)31-24(26-21)28(11-3-10-27-12-14-30-15-13-27)23(29)17-19-4-7-20(25)8-5-19/h4-9,16H,2-3,10-15,17H2,1H3. The van der Waals surface area contributed by atoms with Crippen LogP contribution in [0.1, 0.15) is 24.5 Å². The minimum absolute atomic E-state index is 0.0108. The zero-order chi connectivity index (χ0) is 21.6. The van der Waals surface area contributed by atoms with Gasteiger partial charge in [0.05, 0.1) is 29.9 Å². The fourth-order valence-corrected chi connectivity index (χ4v) is 4.84. The van der Waals surface area contributed by atoms with Gasteiger partial charge in [-0.25, -0.2) is 9.37 Å². The number of amides is 1. The molecule has 2 aromatic carbocycles. The van der Waals surface area contributed by atoms with Gasteiger partial charge in [-0.2, -0.15) is 0 Å². The normalized spacial score (nSPS) is 14.8. The van der Waals surface area contributed by atoms with Crippen molar-refractivity contribution in [3.8, 4) is 0 Å². The molecule has 0 atom stereocenters. The molecule has 3 aromatic rings. The van der Waals surface area contributed by atoms with Gasteiger partial charge in [-0.05, 0) is 48.2 Å². The molecule has 1 aliphatic rings. The van der Waals surface area contributed by atoms with Crippen molar-refractivity contribution in [3.05, 3.63) is 59.4 Å². The molecule has 1 aromatic heterocycles. The number of nitrogens with zero attached hydrogens (tertiary/aromatic N) is 3. The number of fused-ring (bicyclic) bond motifs is 1. The number of morpholine rings is 1. The summed E-state index contributed by atoms with van der Waals surface area (Å²) in [6.07, 6.45) is 2.06. The van der Waals surface area contributed by atoms with Gasteiger partial charge in [-0.15, -0.1) is 0 Å². The lowest BCUT2D eigenvalue weighted by Gasteiger charge is -2.27. The molecule has 2 heterocycles. The van der Waals surface area contributed by atoms with Crippen molar-refractivity contribution in [1.29, 1.82) is 0 Å². The average Bonchev–Trinajstić information content (AvgIpc) is 3.21. The van der Waals surface area contributed by atoms with Crippen LogP contribution in [0.3, 0.4) is 0 Å². The molecule has 1 fully saturated rings. The number of hydrogen-bond acceptors (Lipinski definition) is 5. The second-order valence-corrected chi connectivity index (χ2v) is 8.82. The lowest BCUT2D eigenvalue weighted by molar-refractivity contribution is -0.118. The van der Waals surface area contributed by atoms with Gasteiger partial charge in [0.1, 0.15) is 5.82 Å². The van der Waals surface area contributed by atoms with Gasteiger partial charge >= 0.3 is 0 Å². The summed E-state index contributed by atoms with van der Waals surface area (Å²) in [5, 5.41) is 0.734. The Kier molecular flexibility index (Phi) is 7.27. The summed E-state index contributed by atoms with van der Waals surface area (Å²) in [7, 11) is 0. The van der Waals surface area contributed by atoms with Crippen LogP contribution in [0.5, 0.6) is 0 Å². The third kappa shape index (κ3) is 5.67. The predicted octanol–water partition coefficient (Wildman–Crippen LogP) is 4.30. The number of aryl methyl sites for hydroxylation is 1. The smallest absolute Gasteiger partial charge is 0.233 e. The Hall–Kier alpha value is -2.35. The molecule has 0 N–H and O–H groups in total. The Morgan fingerprint density at radius 2 is 1.90 bits per heavy atom. The molecule has 1 saturated heterocycles. The Bertz CT molecular complexity index is 1020. The zero-order valence-corrected chi connectivity index (χ0v) is 18.7. The molecule has 31 heavy (non-hydrogen) atoms. The minimum Gasteiger partial charge on any atom is -0.379 e. The van der Waals surface area contributed by atoms with Crippen LogP contribution in [-0.4, -0.2) is 55.2 Å². The Morgan fingerprint density at radius 1 is 1.16 bits per heavy atom. The van der Waals surface area contributed by atoms with Crippen LogP contribution in [0.25, 0.3) is 10.2 Å². The lowest BCUT2D eigenvalue weighted by Crippen LogP contribution is -2.39. The van der Waals surface area contributed by atoms with E-state index in [0.717, 1.165) is 66.6 Å². The first-order valence-electron chi connectivity index (χ1n) is 10.9. The molecule has 4 rings (SSSR count). The van der Waals surface area contributed by atoms with Gasteiger partial charge < -0.3 is 4.74 Å². The first-order valence-corrected chi connectivity index (χ1v) is 11.7. The number of hydrogen-bond donors (Lipinski definition) is 0. The van der Waals surface area contributed by atoms with E-state index in [1.807, 2.05) is 6.07 Å². The molecule has 164 valence electrons. The Labute approximate surface area is 186 Å². The van der Waals surface area contributed by atoms with E-state index in [0.29, 0.717) is 6.54 Å². The number of benzene rings is 2. The SMILES string of the molecule is CCc1ccc2nc(N(CCCN3CCOCC3)C(=O)Cc3ccc(F)cc3)sc2c1. The molecular formula is C24H28FN3O2S. The number of carbonyl (C=O) groups excluding carboxylic acids is 1. The van der Waals surface area contributed by atoms with Crippen LogP contribution in [-0.2, 0) is 22.4 Å². The quantitative estimate of drug-likeness (QED) is 0.523. The van der Waals surface area contributed by atoms with Crippen molar-refractivity contribution in [2.45, 2.75) is 26.2 Å². The van der Waals surface area contributed by atoms with E-state index in [-0.39, 0.29) is 18.1 Å². The summed E-state index contributed by atoms with van der Waals surface area (Å²) in [5.41, 5.74) is 2.99. The van der Waals surface area contributed by atoms with Gasteiger partial charge in [0.2, 0.25) is 5.91 Å².